The van der Waals surface area contributed by atoms with Gasteiger partial charge in [-0.25, -0.2) is 13.4 Å². The van der Waals surface area contributed by atoms with E-state index in [0.717, 1.165) is 19.4 Å². The summed E-state index contributed by atoms with van der Waals surface area (Å²) in [5.41, 5.74) is 0. The van der Waals surface area contributed by atoms with Gasteiger partial charge in [0, 0.05) is 25.6 Å². The average molecular weight is 286 g/mol. The maximum atomic E-state index is 12.5. The summed E-state index contributed by atoms with van der Waals surface area (Å²) in [5, 5.41) is 3.53. The summed E-state index contributed by atoms with van der Waals surface area (Å²) >= 11 is 0. The van der Waals surface area contributed by atoms with Crippen molar-refractivity contribution in [2.75, 3.05) is 19.6 Å². The van der Waals surface area contributed by atoms with Crippen molar-refractivity contribution in [1.82, 2.24) is 19.6 Å². The van der Waals surface area contributed by atoms with E-state index in [1.54, 1.807) is 4.31 Å². The Hall–Kier alpha value is -0.920. The van der Waals surface area contributed by atoms with Gasteiger partial charge in [-0.15, -0.1) is 0 Å². The molecule has 2 heterocycles. The Morgan fingerprint density at radius 3 is 2.95 bits per heavy atom. The van der Waals surface area contributed by atoms with Crippen molar-refractivity contribution in [3.05, 3.63) is 12.0 Å². The van der Waals surface area contributed by atoms with E-state index in [2.05, 4.69) is 15.3 Å². The lowest BCUT2D eigenvalue weighted by atomic mass is 10.1. The maximum Gasteiger partial charge on any atom is 0.260 e. The number of piperidine rings is 1. The number of aromatic nitrogens is 2. The Balaban J connectivity index is 2.14. The third kappa shape index (κ3) is 3.16. The van der Waals surface area contributed by atoms with Gasteiger partial charge in [-0.2, -0.15) is 4.31 Å². The molecule has 19 heavy (non-hydrogen) atoms. The molecule has 0 amide bonds. The maximum absolute atomic E-state index is 12.5. The quantitative estimate of drug-likeness (QED) is 0.836. The van der Waals surface area contributed by atoms with E-state index in [0.29, 0.717) is 25.3 Å². The summed E-state index contributed by atoms with van der Waals surface area (Å²) in [6.07, 6.45) is 4.05. The first-order valence-corrected chi connectivity index (χ1v) is 8.29. The minimum Gasteiger partial charge on any atom is -0.332 e. The molecule has 2 N–H and O–H groups in total. The van der Waals surface area contributed by atoms with Gasteiger partial charge < -0.3 is 10.3 Å². The molecule has 1 aliphatic rings. The van der Waals surface area contributed by atoms with Gasteiger partial charge in [0.05, 0.1) is 6.20 Å². The largest absolute Gasteiger partial charge is 0.332 e. The SMILES string of the molecule is CCNC1CCCN(S(=O)(=O)c2cnc(CC)[nH]2)C1. The zero-order valence-corrected chi connectivity index (χ0v) is 12.3. The third-order valence-corrected chi connectivity index (χ3v) is 5.21. The van der Waals surface area contributed by atoms with Crippen molar-refractivity contribution < 1.29 is 8.42 Å². The Bertz CT molecular complexity index is 510. The molecule has 1 fully saturated rings. The number of likely N-dealkylation sites (N-methyl/N-ethyl adjacent to an activating group) is 1. The molecule has 0 spiro atoms. The summed E-state index contributed by atoms with van der Waals surface area (Å²) < 4.78 is 26.5. The van der Waals surface area contributed by atoms with E-state index in [1.807, 2.05) is 13.8 Å². The number of nitrogens with one attached hydrogen (secondary N) is 2. The minimum atomic E-state index is -3.43. The molecular weight excluding hydrogens is 264 g/mol. The Kier molecular flexibility index (Phi) is 4.59. The van der Waals surface area contributed by atoms with Crippen LogP contribution in [0.2, 0.25) is 0 Å². The third-order valence-electron chi connectivity index (χ3n) is 3.43. The summed E-state index contributed by atoms with van der Waals surface area (Å²) in [4.78, 5) is 6.96. The van der Waals surface area contributed by atoms with Crippen molar-refractivity contribution >= 4 is 10.0 Å². The molecule has 108 valence electrons. The van der Waals surface area contributed by atoms with E-state index in [-0.39, 0.29) is 11.1 Å². The van der Waals surface area contributed by atoms with Crippen LogP contribution in [0.1, 0.15) is 32.5 Å². The second kappa shape index (κ2) is 6.02. The van der Waals surface area contributed by atoms with Crippen LogP contribution in [0.5, 0.6) is 0 Å². The molecule has 1 unspecified atom stereocenters. The van der Waals surface area contributed by atoms with Gasteiger partial charge in [0.1, 0.15) is 5.82 Å². The summed E-state index contributed by atoms with van der Waals surface area (Å²) in [5.74, 6) is 0.707. The topological polar surface area (TPSA) is 78.1 Å². The van der Waals surface area contributed by atoms with Crippen LogP contribution >= 0.6 is 0 Å². The fraction of sp³-hybridized carbons (Fsp3) is 0.750. The second-order valence-electron chi connectivity index (χ2n) is 4.81. The molecule has 1 aromatic heterocycles. The Labute approximate surface area is 114 Å². The first-order chi connectivity index (χ1) is 9.07. The predicted octanol–water partition coefficient (Wildman–Crippen LogP) is 0.735. The lowest BCUT2D eigenvalue weighted by Gasteiger charge is -2.31. The highest BCUT2D eigenvalue weighted by molar-refractivity contribution is 7.89. The number of hydrogen-bond acceptors (Lipinski definition) is 4. The molecular formula is C12H22N4O2S. The fourth-order valence-corrected chi connectivity index (χ4v) is 3.87. The number of aromatic amines is 1. The van der Waals surface area contributed by atoms with Crippen molar-refractivity contribution in [3.8, 4) is 0 Å². The van der Waals surface area contributed by atoms with E-state index in [9.17, 15) is 8.42 Å². The summed E-state index contributed by atoms with van der Waals surface area (Å²) in [7, 11) is -3.43. The van der Waals surface area contributed by atoms with Crippen LogP contribution in [0.3, 0.4) is 0 Å². The molecule has 1 saturated heterocycles. The molecule has 0 radical (unpaired) electrons. The van der Waals surface area contributed by atoms with Gasteiger partial charge in [-0.05, 0) is 19.4 Å². The van der Waals surface area contributed by atoms with Gasteiger partial charge in [-0.3, -0.25) is 0 Å². The van der Waals surface area contributed by atoms with Gasteiger partial charge in [0.15, 0.2) is 5.03 Å². The zero-order chi connectivity index (χ0) is 13.9. The van der Waals surface area contributed by atoms with Crippen molar-refractivity contribution in [3.63, 3.8) is 0 Å². The number of hydrogen-bond donors (Lipinski definition) is 2. The summed E-state index contributed by atoms with van der Waals surface area (Å²) in [6, 6.07) is 0.252. The van der Waals surface area contributed by atoms with Crippen LogP contribution in [0.15, 0.2) is 11.2 Å². The minimum absolute atomic E-state index is 0.210. The molecule has 2 rings (SSSR count). The number of H-pyrrole nitrogens is 1. The molecule has 7 heteroatoms. The smallest absolute Gasteiger partial charge is 0.260 e. The first kappa shape index (κ1) is 14.5. The molecule has 1 aromatic rings. The van der Waals surface area contributed by atoms with Crippen molar-refractivity contribution in [2.45, 2.75) is 44.2 Å². The Morgan fingerprint density at radius 1 is 1.53 bits per heavy atom. The zero-order valence-electron chi connectivity index (χ0n) is 11.5. The van der Waals surface area contributed by atoms with Crippen LogP contribution in [0.4, 0.5) is 0 Å². The highest BCUT2D eigenvalue weighted by Gasteiger charge is 2.31. The lowest BCUT2D eigenvalue weighted by Crippen LogP contribution is -2.47. The second-order valence-corrected chi connectivity index (χ2v) is 6.71. The molecule has 1 atom stereocenters. The van der Waals surface area contributed by atoms with Crippen molar-refractivity contribution in [1.29, 1.82) is 0 Å². The van der Waals surface area contributed by atoms with Crippen LogP contribution in [0.25, 0.3) is 0 Å². The predicted molar refractivity (Wildman–Crippen MR) is 73.4 cm³/mol. The molecule has 0 aliphatic carbocycles. The lowest BCUT2D eigenvalue weighted by molar-refractivity contribution is 0.285. The number of imidazole rings is 1. The molecule has 0 saturated carbocycles. The highest BCUT2D eigenvalue weighted by Crippen LogP contribution is 2.19. The number of aryl methyl sites for hydroxylation is 1. The summed E-state index contributed by atoms with van der Waals surface area (Å²) in [6.45, 7) is 5.97. The van der Waals surface area contributed by atoms with Gasteiger partial charge >= 0.3 is 0 Å². The number of sulfonamides is 1. The normalized spacial score (nSPS) is 21.7. The van der Waals surface area contributed by atoms with Crippen LogP contribution in [0, 0.1) is 0 Å². The van der Waals surface area contributed by atoms with Crippen molar-refractivity contribution in [2.24, 2.45) is 0 Å². The Morgan fingerprint density at radius 2 is 2.32 bits per heavy atom. The number of rotatable bonds is 5. The monoisotopic (exact) mass is 286 g/mol. The van der Waals surface area contributed by atoms with Gasteiger partial charge in [0.2, 0.25) is 0 Å². The molecule has 1 aliphatic heterocycles. The van der Waals surface area contributed by atoms with E-state index in [4.69, 9.17) is 0 Å². The molecule has 0 bridgehead atoms. The van der Waals surface area contributed by atoms with Gasteiger partial charge in [-0.1, -0.05) is 13.8 Å². The van der Waals surface area contributed by atoms with E-state index >= 15 is 0 Å². The highest BCUT2D eigenvalue weighted by atomic mass is 32.2. The molecule has 0 aromatic carbocycles. The average Bonchev–Trinajstić information content (AvgIpc) is 2.89. The van der Waals surface area contributed by atoms with Crippen LogP contribution in [-0.4, -0.2) is 48.4 Å². The fourth-order valence-electron chi connectivity index (χ4n) is 2.41. The first-order valence-electron chi connectivity index (χ1n) is 6.85. The standard InChI is InChI=1S/C12H22N4O2S/c1-3-11-14-8-12(15-11)19(17,18)16-7-5-6-10(9-16)13-4-2/h8,10,13H,3-7,9H2,1-2H3,(H,14,15). The van der Waals surface area contributed by atoms with E-state index < -0.39 is 10.0 Å². The van der Waals surface area contributed by atoms with Crippen LogP contribution < -0.4 is 5.32 Å². The number of nitrogens with zero attached hydrogens (tertiary/aromatic N) is 2. The molecule has 6 nitrogen and oxygen atoms in total. The van der Waals surface area contributed by atoms with Crippen LogP contribution in [-0.2, 0) is 16.4 Å². The van der Waals surface area contributed by atoms with E-state index in [1.165, 1.54) is 6.20 Å². The van der Waals surface area contributed by atoms with Gasteiger partial charge in [0.25, 0.3) is 10.0 Å².